The van der Waals surface area contributed by atoms with E-state index in [-0.39, 0.29) is 0 Å². The molecular formula is C19H26N2S2. The van der Waals surface area contributed by atoms with E-state index in [0.717, 1.165) is 11.8 Å². The van der Waals surface area contributed by atoms with E-state index in [1.54, 1.807) is 0 Å². The molecule has 23 heavy (non-hydrogen) atoms. The Balaban J connectivity index is 1.65. The van der Waals surface area contributed by atoms with Gasteiger partial charge in [0.25, 0.3) is 0 Å². The molecule has 1 fully saturated rings. The van der Waals surface area contributed by atoms with Gasteiger partial charge < -0.3 is 4.57 Å². The highest BCUT2D eigenvalue weighted by Gasteiger charge is 2.35. The summed E-state index contributed by atoms with van der Waals surface area (Å²) in [6, 6.07) is 9.05. The Hall–Kier alpha value is -0.870. The molecule has 0 spiro atoms. The van der Waals surface area contributed by atoms with Crippen molar-refractivity contribution in [3.63, 3.8) is 0 Å². The number of hydrogen-bond acceptors (Lipinski definition) is 3. The van der Waals surface area contributed by atoms with Gasteiger partial charge in [0.1, 0.15) is 0 Å². The first-order valence-electron chi connectivity index (χ1n) is 8.48. The Bertz CT molecular complexity index is 594. The lowest BCUT2D eigenvalue weighted by molar-refractivity contribution is 0.566. The van der Waals surface area contributed by atoms with Crippen LogP contribution < -0.4 is 0 Å². The fourth-order valence-electron chi connectivity index (χ4n) is 3.07. The fraction of sp³-hybridized carbons (Fsp3) is 0.526. The van der Waals surface area contributed by atoms with Crippen molar-refractivity contribution < 1.29 is 0 Å². The minimum atomic E-state index is 0.354. The molecule has 4 heteroatoms. The van der Waals surface area contributed by atoms with Crippen molar-refractivity contribution in [2.75, 3.05) is 5.75 Å². The second kappa shape index (κ2) is 7.80. The summed E-state index contributed by atoms with van der Waals surface area (Å²) in [6.07, 6.45) is 10.9. The highest BCUT2D eigenvalue weighted by Crippen LogP contribution is 2.51. The maximum atomic E-state index is 4.17. The lowest BCUT2D eigenvalue weighted by atomic mass is 10.0. The molecule has 0 bridgehead atoms. The summed E-state index contributed by atoms with van der Waals surface area (Å²) in [5, 5.41) is 0.775. The monoisotopic (exact) mass is 346 g/mol. The van der Waals surface area contributed by atoms with Crippen molar-refractivity contribution in [1.82, 2.24) is 9.55 Å². The number of thioether (sulfide) groups is 2. The Morgan fingerprint density at radius 1 is 1.26 bits per heavy atom. The Morgan fingerprint density at radius 3 is 2.78 bits per heavy atom. The van der Waals surface area contributed by atoms with Gasteiger partial charge in [0.05, 0.1) is 10.4 Å². The molecule has 3 rings (SSSR count). The molecular weight excluding hydrogens is 320 g/mol. The molecule has 1 aromatic carbocycles. The van der Waals surface area contributed by atoms with E-state index < -0.39 is 0 Å². The summed E-state index contributed by atoms with van der Waals surface area (Å²) in [5.74, 6) is 1.30. The van der Waals surface area contributed by atoms with Crippen LogP contribution in [0.25, 0.3) is 0 Å². The summed E-state index contributed by atoms with van der Waals surface area (Å²) < 4.78 is 2.57. The van der Waals surface area contributed by atoms with Gasteiger partial charge in [-0.1, -0.05) is 36.8 Å². The second-order valence-electron chi connectivity index (χ2n) is 6.51. The normalized spacial score (nSPS) is 24.7. The fourth-order valence-corrected chi connectivity index (χ4v) is 6.95. The highest BCUT2D eigenvalue weighted by atomic mass is 32.2. The van der Waals surface area contributed by atoms with Crippen molar-refractivity contribution in [2.45, 2.75) is 55.4 Å². The van der Waals surface area contributed by atoms with Gasteiger partial charge in [0.2, 0.25) is 0 Å². The lowest BCUT2D eigenvalue weighted by Crippen LogP contribution is -2.30. The summed E-state index contributed by atoms with van der Waals surface area (Å²) in [5.41, 5.74) is 2.82. The molecule has 2 atom stereocenters. The van der Waals surface area contributed by atoms with Crippen LogP contribution in [0.1, 0.15) is 37.3 Å². The van der Waals surface area contributed by atoms with E-state index in [4.69, 9.17) is 0 Å². The van der Waals surface area contributed by atoms with E-state index in [9.17, 15) is 0 Å². The predicted molar refractivity (Wildman–Crippen MR) is 103 cm³/mol. The van der Waals surface area contributed by atoms with E-state index in [0.29, 0.717) is 4.08 Å². The van der Waals surface area contributed by atoms with Crippen molar-refractivity contribution in [1.29, 1.82) is 0 Å². The maximum Gasteiger partial charge on any atom is 0.0945 e. The summed E-state index contributed by atoms with van der Waals surface area (Å²) in [4.78, 5) is 4.17. The van der Waals surface area contributed by atoms with Crippen molar-refractivity contribution in [2.24, 2.45) is 0 Å². The molecule has 2 nitrogen and oxygen atoms in total. The number of aromatic nitrogens is 2. The molecule has 0 aliphatic carbocycles. The molecule has 1 aliphatic rings. The van der Waals surface area contributed by atoms with E-state index in [1.165, 1.54) is 42.6 Å². The van der Waals surface area contributed by atoms with Crippen LogP contribution in [0.5, 0.6) is 0 Å². The smallest absolute Gasteiger partial charge is 0.0945 e. The third kappa shape index (κ3) is 4.80. The molecule has 2 unspecified atom stereocenters. The van der Waals surface area contributed by atoms with Gasteiger partial charge in [-0.25, -0.2) is 4.98 Å². The molecule has 124 valence electrons. The van der Waals surface area contributed by atoms with Gasteiger partial charge >= 0.3 is 0 Å². The van der Waals surface area contributed by atoms with Gasteiger partial charge in [-0.2, -0.15) is 0 Å². The zero-order chi connectivity index (χ0) is 16.1. The van der Waals surface area contributed by atoms with Gasteiger partial charge in [-0.3, -0.25) is 0 Å². The third-order valence-corrected chi connectivity index (χ3v) is 8.02. The minimum Gasteiger partial charge on any atom is -0.337 e. The van der Waals surface area contributed by atoms with Crippen LogP contribution in [0.3, 0.4) is 0 Å². The first kappa shape index (κ1) is 17.0. The van der Waals surface area contributed by atoms with Crippen LogP contribution in [-0.4, -0.2) is 24.6 Å². The van der Waals surface area contributed by atoms with Crippen molar-refractivity contribution in [3.05, 3.63) is 54.1 Å². The molecule has 0 N–H and O–H groups in total. The van der Waals surface area contributed by atoms with Gasteiger partial charge in [0.15, 0.2) is 0 Å². The maximum absolute atomic E-state index is 4.17. The average Bonchev–Trinajstić information content (AvgIpc) is 3.06. The van der Waals surface area contributed by atoms with E-state index >= 15 is 0 Å². The van der Waals surface area contributed by atoms with Crippen LogP contribution in [-0.2, 0) is 13.0 Å². The number of hydrogen-bond donors (Lipinski definition) is 0. The first-order chi connectivity index (χ1) is 11.2. The Kier molecular flexibility index (Phi) is 5.76. The number of aryl methyl sites for hydroxylation is 3. The molecule has 1 aromatic heterocycles. The number of rotatable bonds is 6. The zero-order valence-corrected chi connectivity index (χ0v) is 15.7. The topological polar surface area (TPSA) is 17.8 Å². The van der Waals surface area contributed by atoms with E-state index in [1.807, 2.05) is 12.5 Å². The van der Waals surface area contributed by atoms with Crippen LogP contribution in [0.2, 0.25) is 0 Å². The molecule has 0 amide bonds. The lowest BCUT2D eigenvalue weighted by Gasteiger charge is -2.39. The first-order valence-corrected chi connectivity index (χ1v) is 10.3. The molecule has 2 aromatic rings. The van der Waals surface area contributed by atoms with Gasteiger partial charge in [-0.05, 0) is 43.9 Å². The van der Waals surface area contributed by atoms with Crippen molar-refractivity contribution in [3.8, 4) is 0 Å². The number of imidazole rings is 1. The van der Waals surface area contributed by atoms with E-state index in [2.05, 4.69) is 77.4 Å². The predicted octanol–water partition coefficient (Wildman–Crippen LogP) is 5.17. The van der Waals surface area contributed by atoms with Crippen LogP contribution in [0.4, 0.5) is 0 Å². The van der Waals surface area contributed by atoms with Gasteiger partial charge in [-0.15, -0.1) is 23.5 Å². The van der Waals surface area contributed by atoms with Crippen LogP contribution in [0.15, 0.2) is 43.0 Å². The highest BCUT2D eigenvalue weighted by molar-refractivity contribution is 8.19. The summed E-state index contributed by atoms with van der Waals surface area (Å²) in [6.45, 7) is 5.62. The van der Waals surface area contributed by atoms with Crippen LogP contribution in [0, 0.1) is 6.92 Å². The molecule has 1 aliphatic heterocycles. The third-order valence-electron chi connectivity index (χ3n) is 4.53. The second-order valence-corrected chi connectivity index (χ2v) is 10.1. The minimum absolute atomic E-state index is 0.354. The Morgan fingerprint density at radius 2 is 2.09 bits per heavy atom. The molecule has 2 heterocycles. The quantitative estimate of drug-likeness (QED) is 0.718. The summed E-state index contributed by atoms with van der Waals surface area (Å²) >= 11 is 4.40. The Labute approximate surface area is 148 Å². The standard InChI is InChI=1S/C19H26N2S2/c1-16-3-5-18(6-4-16)7-9-19(22-14-8-17(2)23-19)10-12-21-13-11-20-15-21/h3-6,11,13,15,17H,7-10,12,14H2,1-2H3. The number of nitrogens with zero attached hydrogens (tertiary/aromatic N) is 2. The van der Waals surface area contributed by atoms with Crippen LogP contribution >= 0.6 is 23.5 Å². The number of benzene rings is 1. The average molecular weight is 347 g/mol. The molecule has 0 radical (unpaired) electrons. The molecule has 1 saturated heterocycles. The van der Waals surface area contributed by atoms with Gasteiger partial charge in [0, 0.05) is 24.2 Å². The largest absolute Gasteiger partial charge is 0.337 e. The molecule has 0 saturated carbocycles. The zero-order valence-electron chi connectivity index (χ0n) is 14.1. The summed E-state index contributed by atoms with van der Waals surface area (Å²) in [7, 11) is 0. The van der Waals surface area contributed by atoms with Crippen molar-refractivity contribution >= 4 is 23.5 Å². The SMILES string of the molecule is Cc1ccc(CCC2(CCn3ccnc3)SCCC(C)S2)cc1.